The molecule has 4 rings (SSSR count). The number of fused-ring (bicyclic) bond motifs is 1. The van der Waals surface area contributed by atoms with Gasteiger partial charge in [0.1, 0.15) is 5.70 Å². The molecule has 184 valence electrons. The molecule has 2 amide bonds. The van der Waals surface area contributed by atoms with Gasteiger partial charge in [-0.15, -0.1) is 11.8 Å². The van der Waals surface area contributed by atoms with Crippen LogP contribution in [0.15, 0.2) is 10.6 Å². The fourth-order valence-corrected chi connectivity index (χ4v) is 6.40. The van der Waals surface area contributed by atoms with E-state index in [9.17, 15) is 29.4 Å². The lowest BCUT2D eigenvalue weighted by molar-refractivity contribution is -0.163. The molecule has 34 heavy (non-hydrogen) atoms. The number of carbonyl (C=O) groups excluding carboxylic acids is 2. The maximum Gasteiger partial charge on any atom is 0.353 e. The molecule has 13 heteroatoms. The van der Waals surface area contributed by atoms with Crippen LogP contribution in [0.25, 0.3) is 0 Å². The van der Waals surface area contributed by atoms with Gasteiger partial charge in [0.15, 0.2) is 0 Å². The number of aliphatic hydroxyl groups excluding tert-OH is 1. The van der Waals surface area contributed by atoms with Crippen molar-refractivity contribution in [2.45, 2.75) is 57.1 Å². The quantitative estimate of drug-likeness (QED) is 0.267. The maximum atomic E-state index is 12.7. The van der Waals surface area contributed by atoms with E-state index in [-0.39, 0.29) is 47.1 Å². The van der Waals surface area contributed by atoms with Crippen molar-refractivity contribution in [3.63, 3.8) is 0 Å². The van der Waals surface area contributed by atoms with Crippen LogP contribution in [0.1, 0.15) is 31.7 Å². The number of imidazole rings is 1. The Labute approximate surface area is 199 Å². The lowest BCUT2D eigenvalue weighted by Crippen LogP contribution is -2.63. The van der Waals surface area contributed by atoms with Crippen molar-refractivity contribution in [3.8, 4) is 0 Å². The van der Waals surface area contributed by atoms with Crippen molar-refractivity contribution in [2.75, 3.05) is 11.9 Å². The summed E-state index contributed by atoms with van der Waals surface area (Å²) in [5, 5.41) is 34.4. The average Bonchev–Trinajstić information content (AvgIpc) is 3.39. The van der Waals surface area contributed by atoms with Gasteiger partial charge in [0, 0.05) is 28.3 Å². The number of thioether (sulfide) groups is 1. The van der Waals surface area contributed by atoms with E-state index < -0.39 is 30.0 Å². The number of aromatic amines is 1. The highest BCUT2D eigenvalue weighted by Crippen LogP contribution is 2.51. The molecule has 6 atom stereocenters. The number of carboxylic acids is 2. The van der Waals surface area contributed by atoms with Crippen molar-refractivity contribution in [1.82, 2.24) is 20.2 Å². The normalized spacial score (nSPS) is 29.1. The number of anilines is 1. The summed E-state index contributed by atoms with van der Waals surface area (Å²) in [6.07, 6.45) is -0.688. The smallest absolute Gasteiger partial charge is 0.353 e. The number of carbonyl (C=O) groups is 4. The summed E-state index contributed by atoms with van der Waals surface area (Å²) in [5.41, 5.74) is 0.867. The number of rotatable bonds is 8. The summed E-state index contributed by atoms with van der Waals surface area (Å²) in [7, 11) is 0. The summed E-state index contributed by atoms with van der Waals surface area (Å²) in [5.74, 6) is -3.60. The van der Waals surface area contributed by atoms with E-state index >= 15 is 0 Å². The van der Waals surface area contributed by atoms with E-state index in [1.165, 1.54) is 23.6 Å². The molecule has 1 aromatic rings. The molecule has 0 unspecified atom stereocenters. The van der Waals surface area contributed by atoms with Crippen LogP contribution in [0, 0.1) is 18.8 Å². The van der Waals surface area contributed by atoms with Crippen molar-refractivity contribution < 1.29 is 34.5 Å². The highest BCUT2D eigenvalue weighted by Gasteiger charge is 2.60. The number of carboxylic acid groups (broad SMARTS) is 2. The zero-order chi connectivity index (χ0) is 24.9. The molecule has 2 saturated heterocycles. The molecule has 3 aliphatic rings. The number of amides is 2. The second-order valence-corrected chi connectivity index (χ2v) is 10.3. The number of aryl methyl sites for hydroxylation is 1. The molecule has 0 spiro atoms. The van der Waals surface area contributed by atoms with Gasteiger partial charge in [0.05, 0.1) is 36.2 Å². The topological polar surface area (TPSA) is 185 Å². The first-order chi connectivity index (χ1) is 16.0. The van der Waals surface area contributed by atoms with E-state index in [1.54, 1.807) is 6.92 Å². The van der Waals surface area contributed by atoms with Gasteiger partial charge in [-0.2, -0.15) is 0 Å². The summed E-state index contributed by atoms with van der Waals surface area (Å²) >= 11 is 1.36. The second kappa shape index (κ2) is 9.04. The molecule has 0 aromatic carbocycles. The maximum absolute atomic E-state index is 12.7. The van der Waals surface area contributed by atoms with Gasteiger partial charge in [0.2, 0.25) is 17.8 Å². The van der Waals surface area contributed by atoms with Gasteiger partial charge < -0.3 is 30.5 Å². The molecule has 0 radical (unpaired) electrons. The number of hydrogen-bond acceptors (Lipinski definition) is 8. The Hall–Kier alpha value is -2.90. The number of β-lactam (4-membered cyclic amide) rings is 1. The van der Waals surface area contributed by atoms with Crippen molar-refractivity contribution in [2.24, 2.45) is 11.8 Å². The van der Waals surface area contributed by atoms with Gasteiger partial charge in [-0.05, 0) is 20.3 Å². The van der Waals surface area contributed by atoms with Crippen LogP contribution < -0.4 is 10.6 Å². The molecule has 3 aliphatic heterocycles. The van der Waals surface area contributed by atoms with E-state index in [2.05, 4.69) is 20.6 Å². The first-order valence-electron chi connectivity index (χ1n) is 11.0. The number of hydrogen-bond donors (Lipinski definition) is 6. The molecular formula is C21H27N5O7S. The van der Waals surface area contributed by atoms with E-state index in [0.29, 0.717) is 29.3 Å². The zero-order valence-electron chi connectivity index (χ0n) is 18.9. The monoisotopic (exact) mass is 493 g/mol. The predicted octanol–water partition coefficient (Wildman–Crippen LogP) is -0.0989. The highest BCUT2D eigenvalue weighted by molar-refractivity contribution is 8.03. The minimum Gasteiger partial charge on any atom is -0.481 e. The SMILES string of the molecule is Cc1[nH]c(NC(=O)[C@@H]2C[C@H](SC3=C(C(=O)O)N4C(=O)[C@H]([C@@H](C)O)[C@H]4[C@H]3C)CN2)nc1CC(=O)O. The minimum atomic E-state index is -1.18. The molecular weight excluding hydrogens is 466 g/mol. The Morgan fingerprint density at radius 3 is 2.65 bits per heavy atom. The third-order valence-electron chi connectivity index (χ3n) is 6.56. The predicted molar refractivity (Wildman–Crippen MR) is 121 cm³/mol. The summed E-state index contributed by atoms with van der Waals surface area (Å²) < 4.78 is 0. The third kappa shape index (κ3) is 4.18. The summed E-state index contributed by atoms with van der Waals surface area (Å²) in [6, 6.07) is -0.919. The number of H-pyrrole nitrogens is 1. The Bertz CT molecular complexity index is 1080. The van der Waals surface area contributed by atoms with Crippen molar-refractivity contribution in [1.29, 1.82) is 0 Å². The average molecular weight is 494 g/mol. The van der Waals surface area contributed by atoms with Gasteiger partial charge >= 0.3 is 11.9 Å². The van der Waals surface area contributed by atoms with Gasteiger partial charge in [-0.1, -0.05) is 6.92 Å². The Balaban J connectivity index is 1.41. The van der Waals surface area contributed by atoms with Gasteiger partial charge in [-0.25, -0.2) is 9.78 Å². The van der Waals surface area contributed by atoms with Crippen molar-refractivity contribution >= 4 is 41.5 Å². The number of nitrogens with zero attached hydrogens (tertiary/aromatic N) is 2. The van der Waals surface area contributed by atoms with Gasteiger partial charge in [-0.3, -0.25) is 19.7 Å². The Morgan fingerprint density at radius 1 is 1.32 bits per heavy atom. The summed E-state index contributed by atoms with van der Waals surface area (Å²) in [6.45, 7) is 5.53. The van der Waals surface area contributed by atoms with E-state index in [0.717, 1.165) is 0 Å². The molecule has 12 nitrogen and oxygen atoms in total. The van der Waals surface area contributed by atoms with Crippen LogP contribution in [-0.2, 0) is 25.6 Å². The fourth-order valence-electron chi connectivity index (χ4n) is 4.93. The summed E-state index contributed by atoms with van der Waals surface area (Å²) in [4.78, 5) is 56.9. The first kappa shape index (κ1) is 24.2. The largest absolute Gasteiger partial charge is 0.481 e. The van der Waals surface area contributed by atoms with Crippen LogP contribution >= 0.6 is 11.8 Å². The minimum absolute atomic E-state index is 0.0330. The Morgan fingerprint density at radius 2 is 2.03 bits per heavy atom. The third-order valence-corrected chi connectivity index (χ3v) is 8.07. The number of nitrogens with one attached hydrogen (secondary N) is 3. The number of aliphatic hydroxyl groups is 1. The van der Waals surface area contributed by atoms with Gasteiger partial charge in [0.25, 0.3) is 0 Å². The molecule has 0 saturated carbocycles. The molecule has 6 N–H and O–H groups in total. The lowest BCUT2D eigenvalue weighted by Gasteiger charge is -2.46. The zero-order valence-corrected chi connectivity index (χ0v) is 19.7. The molecule has 1 aromatic heterocycles. The lowest BCUT2D eigenvalue weighted by atomic mass is 9.79. The highest BCUT2D eigenvalue weighted by atomic mass is 32.2. The van der Waals surface area contributed by atoms with E-state index in [4.69, 9.17) is 5.11 Å². The number of aliphatic carboxylic acids is 2. The standard InChI is InChI=1S/C21H27N5O7S/c1-7-15-14(9(3)27)19(31)26(15)16(20(32)33)17(7)34-10-4-12(22-6-10)18(30)25-21-23-8(2)11(24-21)5-13(28)29/h7,9-10,12,14-15,22,27H,4-6H2,1-3H3,(H,28,29)(H,32,33)(H2,23,24,25,30)/t7-,9-,10+,12+,14-,15-/m1/s1. The molecule has 0 aliphatic carbocycles. The van der Waals surface area contributed by atoms with Crippen LogP contribution in [0.5, 0.6) is 0 Å². The van der Waals surface area contributed by atoms with E-state index in [1.807, 2.05) is 6.92 Å². The number of aromatic nitrogens is 2. The van der Waals surface area contributed by atoms with Crippen LogP contribution in [-0.4, -0.2) is 83.9 Å². The van der Waals surface area contributed by atoms with Crippen LogP contribution in [0.2, 0.25) is 0 Å². The van der Waals surface area contributed by atoms with Crippen LogP contribution in [0.4, 0.5) is 5.95 Å². The van der Waals surface area contributed by atoms with Crippen LogP contribution in [0.3, 0.4) is 0 Å². The second-order valence-electron chi connectivity index (χ2n) is 8.93. The molecule has 2 fully saturated rings. The van der Waals surface area contributed by atoms with Crippen molar-refractivity contribution in [3.05, 3.63) is 22.0 Å². The molecule has 0 bridgehead atoms. The fraction of sp³-hybridized carbons (Fsp3) is 0.571. The first-order valence-corrected chi connectivity index (χ1v) is 11.8. The Kier molecular flexibility index (Phi) is 6.44. The molecule has 4 heterocycles.